The van der Waals surface area contributed by atoms with Crippen LogP contribution in [0.15, 0.2) is 30.3 Å². The van der Waals surface area contributed by atoms with Crippen LogP contribution in [0.1, 0.15) is 19.8 Å². The highest BCUT2D eigenvalue weighted by Gasteiger charge is 2.17. The Morgan fingerprint density at radius 1 is 1.33 bits per heavy atom. The Labute approximate surface area is 108 Å². The number of aliphatic hydroxyl groups excluding tert-OH is 1. The summed E-state index contributed by atoms with van der Waals surface area (Å²) in [5.41, 5.74) is 0. The third-order valence-electron chi connectivity index (χ3n) is 2.84. The Morgan fingerprint density at radius 2 is 2.00 bits per heavy atom. The van der Waals surface area contributed by atoms with Gasteiger partial charge in [0.25, 0.3) is 0 Å². The van der Waals surface area contributed by atoms with Crippen LogP contribution in [0.3, 0.4) is 0 Å². The zero-order valence-electron chi connectivity index (χ0n) is 10.8. The molecule has 0 heterocycles. The van der Waals surface area contributed by atoms with Crippen LogP contribution in [-0.4, -0.2) is 30.9 Å². The molecule has 1 N–H and O–H groups in total. The maximum Gasteiger partial charge on any atom is 0.305 e. The number of rotatable bonds is 7. The Balaban J connectivity index is 2.41. The van der Waals surface area contributed by atoms with Gasteiger partial charge in [0, 0.05) is 12.3 Å². The van der Waals surface area contributed by atoms with Crippen LogP contribution in [0.2, 0.25) is 0 Å². The lowest BCUT2D eigenvalue weighted by Gasteiger charge is -2.19. The second kappa shape index (κ2) is 7.71. The smallest absolute Gasteiger partial charge is 0.305 e. The van der Waals surface area contributed by atoms with Gasteiger partial charge in [-0.15, -0.1) is 0 Å². The van der Waals surface area contributed by atoms with Crippen LogP contribution in [0, 0.1) is 5.92 Å². The molecule has 0 aliphatic heterocycles. The summed E-state index contributed by atoms with van der Waals surface area (Å²) in [7, 11) is 1.36. The van der Waals surface area contributed by atoms with Crippen molar-refractivity contribution in [1.29, 1.82) is 0 Å². The van der Waals surface area contributed by atoms with Crippen molar-refractivity contribution in [2.45, 2.75) is 25.9 Å². The Bertz CT molecular complexity index is 348. The molecule has 4 nitrogen and oxygen atoms in total. The molecule has 0 fully saturated rings. The minimum atomic E-state index is -0.515. The molecule has 0 amide bonds. The van der Waals surface area contributed by atoms with E-state index in [-0.39, 0.29) is 11.9 Å². The number of benzene rings is 1. The summed E-state index contributed by atoms with van der Waals surface area (Å²) in [5.74, 6) is 0.422. The summed E-state index contributed by atoms with van der Waals surface area (Å²) in [6.07, 6.45) is 0.333. The van der Waals surface area contributed by atoms with Crippen molar-refractivity contribution < 1.29 is 19.4 Å². The van der Waals surface area contributed by atoms with Crippen molar-refractivity contribution >= 4 is 5.97 Å². The Kier molecular flexibility index (Phi) is 6.22. The van der Waals surface area contributed by atoms with Crippen LogP contribution in [0.5, 0.6) is 5.75 Å². The molecule has 0 bridgehead atoms. The third-order valence-corrected chi connectivity index (χ3v) is 2.84. The fourth-order valence-electron chi connectivity index (χ4n) is 1.59. The monoisotopic (exact) mass is 252 g/mol. The average molecular weight is 252 g/mol. The predicted molar refractivity (Wildman–Crippen MR) is 68.4 cm³/mol. The maximum absolute atomic E-state index is 11.1. The van der Waals surface area contributed by atoms with Crippen molar-refractivity contribution in [3.63, 3.8) is 0 Å². The molecule has 0 spiro atoms. The van der Waals surface area contributed by atoms with E-state index in [4.69, 9.17) is 4.74 Å². The van der Waals surface area contributed by atoms with Crippen LogP contribution in [-0.2, 0) is 9.53 Å². The summed E-state index contributed by atoms with van der Waals surface area (Å²) < 4.78 is 10.2. The molecule has 4 heteroatoms. The standard InChI is InChI=1S/C14H20O4/c1-11(15)12(8-9-14(16)17-2)10-18-13-6-4-3-5-7-13/h3-7,11-12,15H,8-10H2,1-2H3. The lowest BCUT2D eigenvalue weighted by atomic mass is 9.99. The lowest BCUT2D eigenvalue weighted by molar-refractivity contribution is -0.141. The first-order valence-corrected chi connectivity index (χ1v) is 6.06. The first-order valence-electron chi connectivity index (χ1n) is 6.06. The molecule has 100 valence electrons. The van der Waals surface area contributed by atoms with Gasteiger partial charge >= 0.3 is 5.97 Å². The molecule has 2 atom stereocenters. The molecule has 0 radical (unpaired) electrons. The average Bonchev–Trinajstić information content (AvgIpc) is 2.39. The number of carbonyl (C=O) groups is 1. The molecule has 18 heavy (non-hydrogen) atoms. The van der Waals surface area contributed by atoms with E-state index >= 15 is 0 Å². The highest BCUT2D eigenvalue weighted by molar-refractivity contribution is 5.69. The van der Waals surface area contributed by atoms with Gasteiger partial charge in [0.1, 0.15) is 5.75 Å². The van der Waals surface area contributed by atoms with Crippen molar-refractivity contribution in [2.75, 3.05) is 13.7 Å². The maximum atomic E-state index is 11.1. The van der Waals surface area contributed by atoms with Crippen molar-refractivity contribution in [3.05, 3.63) is 30.3 Å². The fourth-order valence-corrected chi connectivity index (χ4v) is 1.59. The van der Waals surface area contributed by atoms with Gasteiger partial charge < -0.3 is 14.6 Å². The van der Waals surface area contributed by atoms with Crippen molar-refractivity contribution in [2.24, 2.45) is 5.92 Å². The molecule has 2 unspecified atom stereocenters. The van der Waals surface area contributed by atoms with Gasteiger partial charge in [0.05, 0.1) is 19.8 Å². The molecule has 1 aromatic carbocycles. The van der Waals surface area contributed by atoms with Crippen LogP contribution >= 0.6 is 0 Å². The third kappa shape index (κ3) is 5.19. The predicted octanol–water partition coefficient (Wildman–Crippen LogP) is 2.02. The molecule has 0 aliphatic carbocycles. The number of aliphatic hydroxyl groups is 1. The number of carbonyl (C=O) groups excluding carboxylic acids is 1. The number of esters is 1. The topological polar surface area (TPSA) is 55.8 Å². The van der Waals surface area contributed by atoms with Gasteiger partial charge in [0.15, 0.2) is 0 Å². The van der Waals surface area contributed by atoms with E-state index < -0.39 is 6.10 Å². The van der Waals surface area contributed by atoms with E-state index in [0.717, 1.165) is 5.75 Å². The van der Waals surface area contributed by atoms with Gasteiger partial charge in [-0.2, -0.15) is 0 Å². The summed E-state index contributed by atoms with van der Waals surface area (Å²) in [4.78, 5) is 11.1. The number of para-hydroxylation sites is 1. The van der Waals surface area contributed by atoms with Gasteiger partial charge in [-0.25, -0.2) is 0 Å². The molecule has 0 saturated carbocycles. The molecular weight excluding hydrogens is 232 g/mol. The zero-order valence-corrected chi connectivity index (χ0v) is 10.8. The van der Waals surface area contributed by atoms with Crippen molar-refractivity contribution in [1.82, 2.24) is 0 Å². The number of methoxy groups -OCH3 is 1. The van der Waals surface area contributed by atoms with E-state index in [2.05, 4.69) is 4.74 Å². The van der Waals surface area contributed by atoms with Crippen LogP contribution < -0.4 is 4.74 Å². The highest BCUT2D eigenvalue weighted by Crippen LogP contribution is 2.16. The van der Waals surface area contributed by atoms with Gasteiger partial charge in [-0.1, -0.05) is 18.2 Å². The largest absolute Gasteiger partial charge is 0.493 e. The first kappa shape index (κ1) is 14.5. The van der Waals surface area contributed by atoms with Gasteiger partial charge in [0.2, 0.25) is 0 Å². The Hall–Kier alpha value is -1.55. The highest BCUT2D eigenvalue weighted by atomic mass is 16.5. The van der Waals surface area contributed by atoms with E-state index in [1.54, 1.807) is 6.92 Å². The molecule has 0 saturated heterocycles. The second-order valence-electron chi connectivity index (χ2n) is 4.24. The molecule has 1 aromatic rings. The fraction of sp³-hybridized carbons (Fsp3) is 0.500. The molecular formula is C14H20O4. The summed E-state index contributed by atoms with van der Waals surface area (Å²) in [6, 6.07) is 9.41. The van der Waals surface area contributed by atoms with Crippen molar-refractivity contribution in [3.8, 4) is 5.75 Å². The SMILES string of the molecule is COC(=O)CCC(COc1ccccc1)C(C)O. The minimum absolute atomic E-state index is 0.0793. The molecule has 0 aliphatic rings. The van der Waals surface area contributed by atoms with Crippen LogP contribution in [0.4, 0.5) is 0 Å². The van der Waals surface area contributed by atoms with Gasteiger partial charge in [-0.05, 0) is 25.5 Å². The normalized spacial score (nSPS) is 13.7. The van der Waals surface area contributed by atoms with E-state index in [9.17, 15) is 9.90 Å². The van der Waals surface area contributed by atoms with E-state index in [1.165, 1.54) is 7.11 Å². The molecule has 0 aromatic heterocycles. The lowest BCUT2D eigenvalue weighted by Crippen LogP contribution is -2.24. The zero-order chi connectivity index (χ0) is 13.4. The van der Waals surface area contributed by atoms with Gasteiger partial charge in [-0.3, -0.25) is 4.79 Å². The Morgan fingerprint density at radius 3 is 2.56 bits per heavy atom. The quantitative estimate of drug-likeness (QED) is 0.754. The number of hydrogen-bond donors (Lipinski definition) is 1. The van der Waals surface area contributed by atoms with E-state index in [0.29, 0.717) is 19.4 Å². The van der Waals surface area contributed by atoms with Crippen LogP contribution in [0.25, 0.3) is 0 Å². The number of ether oxygens (including phenoxy) is 2. The second-order valence-corrected chi connectivity index (χ2v) is 4.24. The minimum Gasteiger partial charge on any atom is -0.493 e. The summed E-state index contributed by atoms with van der Waals surface area (Å²) in [5, 5.41) is 9.64. The number of hydrogen-bond acceptors (Lipinski definition) is 4. The summed E-state index contributed by atoms with van der Waals surface area (Å²) >= 11 is 0. The summed E-state index contributed by atoms with van der Waals surface area (Å²) in [6.45, 7) is 2.09. The molecule has 1 rings (SSSR count). The van der Waals surface area contributed by atoms with E-state index in [1.807, 2.05) is 30.3 Å². The first-order chi connectivity index (χ1) is 8.63.